The summed E-state index contributed by atoms with van der Waals surface area (Å²) >= 11 is 0. The maximum Gasteiger partial charge on any atom is 0.202 e. The summed E-state index contributed by atoms with van der Waals surface area (Å²) in [4.78, 5) is 10.3. The minimum atomic E-state index is -3.58. The van der Waals surface area contributed by atoms with Crippen molar-refractivity contribution in [2.75, 3.05) is 5.94 Å². The molecule has 1 N–H and O–H groups in total. The maximum absolute atomic E-state index is 11.1. The molecule has 5 heteroatoms. The molecule has 0 bridgehead atoms. The van der Waals surface area contributed by atoms with Crippen molar-refractivity contribution in [2.45, 2.75) is 4.90 Å². The molecule has 4 nitrogen and oxygen atoms in total. The third-order valence-corrected chi connectivity index (χ3v) is 2.88. The molecule has 0 saturated carbocycles. The van der Waals surface area contributed by atoms with Crippen molar-refractivity contribution in [3.63, 3.8) is 0 Å². The van der Waals surface area contributed by atoms with Gasteiger partial charge in [-0.2, -0.15) is 0 Å². The Kier molecular flexibility index (Phi) is 2.79. The van der Waals surface area contributed by atoms with Crippen LogP contribution in [0.25, 0.3) is 0 Å². The molecule has 0 fully saturated rings. The highest BCUT2D eigenvalue weighted by Gasteiger charge is 2.11. The third kappa shape index (κ3) is 2.13. The van der Waals surface area contributed by atoms with Crippen LogP contribution in [0.15, 0.2) is 29.2 Å². The standard InChI is InChI=1S/C8H8O4S/c9-5-7-1-3-8(4-2-7)13(11,12)6-10/h1-5,10H,6H2. The SMILES string of the molecule is O=Cc1ccc(S(=O)(=O)CO)cc1. The van der Waals surface area contributed by atoms with Crippen LogP contribution in [-0.4, -0.2) is 25.7 Å². The number of hydrogen-bond donors (Lipinski definition) is 1. The quantitative estimate of drug-likeness (QED) is 0.708. The van der Waals surface area contributed by atoms with E-state index in [1.165, 1.54) is 24.3 Å². The van der Waals surface area contributed by atoms with Crippen LogP contribution in [0.2, 0.25) is 0 Å². The van der Waals surface area contributed by atoms with Gasteiger partial charge in [0.2, 0.25) is 9.84 Å². The maximum atomic E-state index is 11.1. The van der Waals surface area contributed by atoms with Crippen molar-refractivity contribution >= 4 is 16.1 Å². The number of sulfone groups is 1. The summed E-state index contributed by atoms with van der Waals surface area (Å²) in [7, 11) is -3.58. The fraction of sp³-hybridized carbons (Fsp3) is 0.125. The summed E-state index contributed by atoms with van der Waals surface area (Å²) in [6.45, 7) is 0. The first kappa shape index (κ1) is 9.88. The van der Waals surface area contributed by atoms with Gasteiger partial charge in [0.15, 0.2) is 0 Å². The van der Waals surface area contributed by atoms with Crippen LogP contribution >= 0.6 is 0 Å². The molecule has 0 saturated heterocycles. The van der Waals surface area contributed by atoms with E-state index in [0.29, 0.717) is 11.8 Å². The predicted octanol–water partition coefficient (Wildman–Crippen LogP) is 0.223. The lowest BCUT2D eigenvalue weighted by atomic mass is 10.2. The van der Waals surface area contributed by atoms with Gasteiger partial charge in [0.05, 0.1) is 4.90 Å². The molecule has 70 valence electrons. The second-order valence-corrected chi connectivity index (χ2v) is 4.39. The molecule has 0 atom stereocenters. The molecule has 1 rings (SSSR count). The topological polar surface area (TPSA) is 71.4 Å². The molecule has 0 heterocycles. The highest BCUT2D eigenvalue weighted by Crippen LogP contribution is 2.10. The summed E-state index contributed by atoms with van der Waals surface area (Å²) < 4.78 is 22.1. The minimum absolute atomic E-state index is 0.0144. The van der Waals surface area contributed by atoms with Crippen LogP contribution in [0.1, 0.15) is 10.4 Å². The Labute approximate surface area is 75.7 Å². The van der Waals surface area contributed by atoms with Crippen LogP contribution in [0.5, 0.6) is 0 Å². The third-order valence-electron chi connectivity index (χ3n) is 1.55. The highest BCUT2D eigenvalue weighted by atomic mass is 32.2. The van der Waals surface area contributed by atoms with E-state index in [-0.39, 0.29) is 4.90 Å². The molecule has 0 aliphatic heterocycles. The Morgan fingerprint density at radius 3 is 2.15 bits per heavy atom. The number of aliphatic hydroxyl groups excluding tert-OH is 1. The van der Waals surface area contributed by atoms with Crippen LogP contribution in [0, 0.1) is 0 Å². The van der Waals surface area contributed by atoms with E-state index >= 15 is 0 Å². The fourth-order valence-corrected chi connectivity index (χ4v) is 1.53. The van der Waals surface area contributed by atoms with Crippen molar-refractivity contribution in [1.82, 2.24) is 0 Å². The van der Waals surface area contributed by atoms with E-state index in [1.807, 2.05) is 0 Å². The van der Waals surface area contributed by atoms with E-state index in [9.17, 15) is 13.2 Å². The fourth-order valence-electron chi connectivity index (χ4n) is 0.828. The molecule has 1 aromatic carbocycles. The lowest BCUT2D eigenvalue weighted by Crippen LogP contribution is -2.05. The molecule has 1 aromatic rings. The van der Waals surface area contributed by atoms with Crippen LogP contribution in [0.4, 0.5) is 0 Å². The van der Waals surface area contributed by atoms with Crippen LogP contribution < -0.4 is 0 Å². The zero-order valence-corrected chi connectivity index (χ0v) is 7.49. The zero-order chi connectivity index (χ0) is 9.90. The van der Waals surface area contributed by atoms with Crippen molar-refractivity contribution in [3.05, 3.63) is 29.8 Å². The molecule has 0 unspecified atom stereocenters. The number of aldehydes is 1. The minimum Gasteiger partial charge on any atom is -0.380 e. The summed E-state index contributed by atoms with van der Waals surface area (Å²) in [5.74, 6) is -0.923. The van der Waals surface area contributed by atoms with Crippen molar-refractivity contribution in [1.29, 1.82) is 0 Å². The van der Waals surface area contributed by atoms with Gasteiger partial charge in [0.25, 0.3) is 0 Å². The Balaban J connectivity index is 3.13. The lowest BCUT2D eigenvalue weighted by molar-refractivity contribution is 0.112. The van der Waals surface area contributed by atoms with Gasteiger partial charge >= 0.3 is 0 Å². The Bertz CT molecular complexity index is 391. The predicted molar refractivity (Wildman–Crippen MR) is 46.1 cm³/mol. The van der Waals surface area contributed by atoms with Gasteiger partial charge in [-0.05, 0) is 12.1 Å². The second-order valence-electron chi connectivity index (χ2n) is 2.43. The summed E-state index contributed by atoms with van der Waals surface area (Å²) in [6.07, 6.45) is 0.620. The van der Waals surface area contributed by atoms with E-state index in [4.69, 9.17) is 5.11 Å². The molecule has 0 amide bonds. The first-order chi connectivity index (χ1) is 6.10. The van der Waals surface area contributed by atoms with Crippen molar-refractivity contribution < 1.29 is 18.3 Å². The molecule has 0 aromatic heterocycles. The van der Waals surface area contributed by atoms with E-state index < -0.39 is 15.8 Å². The Hall–Kier alpha value is -1.20. The smallest absolute Gasteiger partial charge is 0.202 e. The van der Waals surface area contributed by atoms with Gasteiger partial charge in [-0.3, -0.25) is 4.79 Å². The molecule has 13 heavy (non-hydrogen) atoms. The molecule has 0 aliphatic carbocycles. The van der Waals surface area contributed by atoms with Gasteiger partial charge in [0, 0.05) is 5.56 Å². The summed E-state index contributed by atoms with van der Waals surface area (Å²) in [5.41, 5.74) is 0.400. The highest BCUT2D eigenvalue weighted by molar-refractivity contribution is 7.91. The van der Waals surface area contributed by atoms with Gasteiger partial charge < -0.3 is 5.11 Å². The number of carbonyl (C=O) groups excluding carboxylic acids is 1. The van der Waals surface area contributed by atoms with Gasteiger partial charge in [-0.25, -0.2) is 8.42 Å². The molecule has 0 radical (unpaired) electrons. The van der Waals surface area contributed by atoms with Crippen LogP contribution in [-0.2, 0) is 9.84 Å². The number of aliphatic hydroxyl groups is 1. The van der Waals surface area contributed by atoms with Gasteiger partial charge in [-0.15, -0.1) is 0 Å². The van der Waals surface area contributed by atoms with Gasteiger partial charge in [-0.1, -0.05) is 12.1 Å². The first-order valence-corrected chi connectivity index (χ1v) is 5.14. The normalized spacial score (nSPS) is 11.2. The number of hydrogen-bond acceptors (Lipinski definition) is 4. The molecule has 0 aliphatic rings. The average molecular weight is 200 g/mol. The molecule has 0 spiro atoms. The Morgan fingerprint density at radius 2 is 1.77 bits per heavy atom. The van der Waals surface area contributed by atoms with Gasteiger partial charge in [0.1, 0.15) is 12.2 Å². The average Bonchev–Trinajstić information content (AvgIpc) is 2.18. The van der Waals surface area contributed by atoms with E-state index in [0.717, 1.165) is 0 Å². The van der Waals surface area contributed by atoms with E-state index in [1.54, 1.807) is 0 Å². The van der Waals surface area contributed by atoms with Crippen molar-refractivity contribution in [2.24, 2.45) is 0 Å². The zero-order valence-electron chi connectivity index (χ0n) is 6.67. The largest absolute Gasteiger partial charge is 0.380 e. The first-order valence-electron chi connectivity index (χ1n) is 3.49. The number of rotatable bonds is 3. The van der Waals surface area contributed by atoms with E-state index in [2.05, 4.69) is 0 Å². The molecular weight excluding hydrogens is 192 g/mol. The van der Waals surface area contributed by atoms with Crippen molar-refractivity contribution in [3.8, 4) is 0 Å². The summed E-state index contributed by atoms with van der Waals surface area (Å²) in [5, 5.41) is 8.52. The second kappa shape index (κ2) is 3.68. The Morgan fingerprint density at radius 1 is 1.23 bits per heavy atom. The monoisotopic (exact) mass is 200 g/mol. The van der Waals surface area contributed by atoms with Crippen LogP contribution in [0.3, 0.4) is 0 Å². The lowest BCUT2D eigenvalue weighted by Gasteiger charge is -1.99. The summed E-state index contributed by atoms with van der Waals surface area (Å²) in [6, 6.07) is 5.34. The number of benzene rings is 1. The molecular formula is C8H8O4S. The number of carbonyl (C=O) groups is 1.